The molecule has 4 N–H and O–H groups in total. The average molecular weight is 313 g/mol. The molecule has 22 heavy (non-hydrogen) atoms. The Morgan fingerprint density at radius 2 is 2.23 bits per heavy atom. The number of nitrogens with two attached hydrogens (primary N) is 1. The fourth-order valence-corrected chi connectivity index (χ4v) is 2.11. The van der Waals surface area contributed by atoms with Gasteiger partial charge in [0.1, 0.15) is 5.75 Å². The number of hydrogen-bond donors (Lipinski definition) is 3. The number of benzene rings is 1. The summed E-state index contributed by atoms with van der Waals surface area (Å²) in [6.45, 7) is -0.547. The molecule has 1 saturated heterocycles. The first-order chi connectivity index (χ1) is 10.4. The second-order valence-electron chi connectivity index (χ2n) is 5.11. The van der Waals surface area contributed by atoms with Gasteiger partial charge in [-0.3, -0.25) is 14.9 Å². The number of hydrogen-bond acceptors (Lipinski definition) is 4. The fourth-order valence-electron chi connectivity index (χ4n) is 2.11. The van der Waals surface area contributed by atoms with Gasteiger partial charge in [0.2, 0.25) is 5.91 Å². The lowest BCUT2D eigenvalue weighted by Crippen LogP contribution is -2.40. The third-order valence-corrected chi connectivity index (χ3v) is 3.17. The van der Waals surface area contributed by atoms with Crippen molar-refractivity contribution in [1.82, 2.24) is 10.6 Å². The lowest BCUT2D eigenvalue weighted by atomic mass is 10.1. The van der Waals surface area contributed by atoms with Crippen LogP contribution >= 0.6 is 0 Å². The van der Waals surface area contributed by atoms with Crippen molar-refractivity contribution in [2.24, 2.45) is 5.73 Å². The molecular formula is C14H17F2N3O3. The summed E-state index contributed by atoms with van der Waals surface area (Å²) in [7, 11) is 0. The second-order valence-corrected chi connectivity index (χ2v) is 5.11. The molecule has 1 aliphatic rings. The van der Waals surface area contributed by atoms with Crippen LogP contribution in [0.15, 0.2) is 24.3 Å². The largest absolute Gasteiger partial charge is 0.484 e. The maximum absolute atomic E-state index is 13.0. The van der Waals surface area contributed by atoms with Crippen molar-refractivity contribution in [2.75, 3.05) is 13.2 Å². The van der Waals surface area contributed by atoms with Crippen LogP contribution in [0, 0.1) is 0 Å². The Morgan fingerprint density at radius 1 is 1.45 bits per heavy atom. The van der Waals surface area contributed by atoms with E-state index in [1.165, 1.54) is 0 Å². The molecule has 1 fully saturated rings. The van der Waals surface area contributed by atoms with Crippen molar-refractivity contribution in [3.05, 3.63) is 29.8 Å². The maximum Gasteiger partial charge on any atom is 0.262 e. The van der Waals surface area contributed by atoms with Crippen LogP contribution < -0.4 is 21.1 Å². The number of alkyl halides is 2. The van der Waals surface area contributed by atoms with E-state index in [4.69, 9.17) is 10.5 Å². The number of carbonyl (C=O) groups is 2. The number of ether oxygens (including phenoxy) is 1. The Kier molecular flexibility index (Phi) is 4.92. The molecular weight excluding hydrogens is 296 g/mol. The quantitative estimate of drug-likeness (QED) is 0.697. The van der Waals surface area contributed by atoms with Crippen LogP contribution in [0.3, 0.4) is 0 Å². The summed E-state index contributed by atoms with van der Waals surface area (Å²) in [5, 5.41) is 5.08. The normalized spacial score (nSPS) is 19.6. The van der Waals surface area contributed by atoms with Gasteiger partial charge in [-0.05, 0) is 17.7 Å². The van der Waals surface area contributed by atoms with Crippen molar-refractivity contribution in [1.29, 1.82) is 0 Å². The Morgan fingerprint density at radius 3 is 2.86 bits per heavy atom. The minimum absolute atomic E-state index is 0.177. The molecule has 1 aromatic rings. The lowest BCUT2D eigenvalue weighted by molar-refractivity contribution is -0.123. The zero-order chi connectivity index (χ0) is 16.2. The van der Waals surface area contributed by atoms with Gasteiger partial charge >= 0.3 is 0 Å². The molecule has 8 heteroatoms. The van der Waals surface area contributed by atoms with Gasteiger partial charge in [0.15, 0.2) is 6.61 Å². The molecule has 0 bridgehead atoms. The third-order valence-electron chi connectivity index (χ3n) is 3.17. The van der Waals surface area contributed by atoms with Crippen LogP contribution in [0.1, 0.15) is 12.0 Å². The Bertz CT molecular complexity index is 566. The highest BCUT2D eigenvalue weighted by Gasteiger charge is 2.42. The summed E-state index contributed by atoms with van der Waals surface area (Å²) in [6.07, 6.45) is -0.499. The molecule has 0 aliphatic carbocycles. The highest BCUT2D eigenvalue weighted by Crippen LogP contribution is 2.25. The fraction of sp³-hybridized carbons (Fsp3) is 0.429. The van der Waals surface area contributed by atoms with Crippen LogP contribution in [-0.2, 0) is 16.1 Å². The first-order valence-corrected chi connectivity index (χ1v) is 6.75. The van der Waals surface area contributed by atoms with E-state index in [1.54, 1.807) is 24.3 Å². The zero-order valence-corrected chi connectivity index (χ0v) is 11.8. The summed E-state index contributed by atoms with van der Waals surface area (Å²) in [5.41, 5.74) is 5.70. The molecule has 1 heterocycles. The van der Waals surface area contributed by atoms with Gasteiger partial charge in [-0.25, -0.2) is 8.78 Å². The SMILES string of the molecule is NC(=O)COc1cccc(CNC(=O)C2CC(F)(F)CN2)c1. The van der Waals surface area contributed by atoms with Gasteiger partial charge in [0.25, 0.3) is 11.8 Å². The van der Waals surface area contributed by atoms with Crippen LogP contribution in [-0.4, -0.2) is 36.9 Å². The van der Waals surface area contributed by atoms with Gasteiger partial charge in [0.05, 0.1) is 12.6 Å². The smallest absolute Gasteiger partial charge is 0.262 e. The van der Waals surface area contributed by atoms with Crippen molar-refractivity contribution in [3.8, 4) is 5.75 Å². The second kappa shape index (κ2) is 6.69. The first kappa shape index (κ1) is 16.2. The molecule has 2 rings (SSSR count). The number of carbonyl (C=O) groups excluding carboxylic acids is 2. The van der Waals surface area contributed by atoms with E-state index < -0.39 is 36.7 Å². The van der Waals surface area contributed by atoms with Crippen LogP contribution in [0.2, 0.25) is 0 Å². The standard InChI is InChI=1S/C14H17F2N3O3/c15-14(16)5-11(19-8-14)13(21)18-6-9-2-1-3-10(4-9)22-7-12(17)20/h1-4,11,19H,5-8H2,(H2,17,20)(H,18,21). The lowest BCUT2D eigenvalue weighted by Gasteiger charge is -2.12. The third kappa shape index (κ3) is 4.66. The number of rotatable bonds is 6. The highest BCUT2D eigenvalue weighted by molar-refractivity contribution is 5.82. The van der Waals surface area contributed by atoms with Crippen molar-refractivity contribution < 1.29 is 23.1 Å². The first-order valence-electron chi connectivity index (χ1n) is 6.75. The summed E-state index contributed by atoms with van der Waals surface area (Å²) in [6, 6.07) is 5.84. The van der Waals surface area contributed by atoms with E-state index in [0.717, 1.165) is 5.56 Å². The van der Waals surface area contributed by atoms with Gasteiger partial charge < -0.3 is 15.8 Å². The van der Waals surface area contributed by atoms with Crippen LogP contribution in [0.4, 0.5) is 8.78 Å². The summed E-state index contributed by atoms with van der Waals surface area (Å²) < 4.78 is 31.2. The molecule has 1 aliphatic heterocycles. The molecule has 120 valence electrons. The van der Waals surface area contributed by atoms with E-state index in [2.05, 4.69) is 10.6 Å². The summed E-state index contributed by atoms with van der Waals surface area (Å²) >= 11 is 0. The van der Waals surface area contributed by atoms with E-state index in [-0.39, 0.29) is 13.2 Å². The van der Waals surface area contributed by atoms with Gasteiger partial charge in [-0.2, -0.15) is 0 Å². The molecule has 0 aromatic heterocycles. The van der Waals surface area contributed by atoms with Crippen molar-refractivity contribution >= 4 is 11.8 Å². The molecule has 0 radical (unpaired) electrons. The van der Waals surface area contributed by atoms with E-state index >= 15 is 0 Å². The average Bonchev–Trinajstić information content (AvgIpc) is 2.83. The number of nitrogens with one attached hydrogen (secondary N) is 2. The predicted molar refractivity (Wildman–Crippen MR) is 74.3 cm³/mol. The van der Waals surface area contributed by atoms with Crippen molar-refractivity contribution in [2.45, 2.75) is 24.9 Å². The monoisotopic (exact) mass is 313 g/mol. The van der Waals surface area contributed by atoms with E-state index in [9.17, 15) is 18.4 Å². The summed E-state index contributed by atoms with van der Waals surface area (Å²) in [4.78, 5) is 22.5. The molecule has 6 nitrogen and oxygen atoms in total. The Hall–Kier alpha value is -2.22. The van der Waals surface area contributed by atoms with Crippen LogP contribution in [0.5, 0.6) is 5.75 Å². The molecule has 2 amide bonds. The van der Waals surface area contributed by atoms with E-state index in [0.29, 0.717) is 5.75 Å². The highest BCUT2D eigenvalue weighted by atomic mass is 19.3. The minimum atomic E-state index is -2.84. The number of amides is 2. The van der Waals surface area contributed by atoms with Gasteiger partial charge in [-0.1, -0.05) is 12.1 Å². The number of primary amides is 1. The van der Waals surface area contributed by atoms with Crippen LogP contribution in [0.25, 0.3) is 0 Å². The van der Waals surface area contributed by atoms with Gasteiger partial charge in [0, 0.05) is 13.0 Å². The van der Waals surface area contributed by atoms with Crippen molar-refractivity contribution in [3.63, 3.8) is 0 Å². The molecule has 1 aromatic carbocycles. The molecule has 0 saturated carbocycles. The zero-order valence-electron chi connectivity index (χ0n) is 11.8. The Balaban J connectivity index is 1.85. The minimum Gasteiger partial charge on any atom is -0.484 e. The molecule has 0 spiro atoms. The van der Waals surface area contributed by atoms with Gasteiger partial charge in [-0.15, -0.1) is 0 Å². The molecule has 1 unspecified atom stereocenters. The summed E-state index contributed by atoms with van der Waals surface area (Å²) in [5.74, 6) is -3.46. The molecule has 1 atom stereocenters. The Labute approximate surface area is 126 Å². The number of halogens is 2. The van der Waals surface area contributed by atoms with E-state index in [1.807, 2.05) is 0 Å². The topological polar surface area (TPSA) is 93.5 Å². The predicted octanol–water partition coefficient (Wildman–Crippen LogP) is 0.164. The maximum atomic E-state index is 13.0.